The lowest BCUT2D eigenvalue weighted by Gasteiger charge is -2.36. The van der Waals surface area contributed by atoms with Crippen LogP contribution in [0.25, 0.3) is 0 Å². The van der Waals surface area contributed by atoms with Crippen LogP contribution in [0.3, 0.4) is 0 Å². The number of hydrogen-bond acceptors (Lipinski definition) is 5. The van der Waals surface area contributed by atoms with Crippen LogP contribution in [0.15, 0.2) is 24.3 Å². The van der Waals surface area contributed by atoms with Crippen molar-refractivity contribution in [1.29, 1.82) is 0 Å². The standard InChI is InChI=1S/C28H43N3O4S/c1-9-11-12-13-18-31(25(33)22(19-36)29-26(34)35-28(6,7)8)23(24(32)30-27(3,4)5)21-16-14-20(10-2)15-17-21/h2,14-17,22-23,36H,9,11-13,18-19H2,1,3-8H3,(H,29,34)(H,30,32). The van der Waals surface area contributed by atoms with Gasteiger partial charge in [-0.1, -0.05) is 44.2 Å². The third-order valence-electron chi connectivity index (χ3n) is 5.16. The average molecular weight is 518 g/mol. The number of thiol groups is 1. The minimum atomic E-state index is -0.968. The summed E-state index contributed by atoms with van der Waals surface area (Å²) in [5.41, 5.74) is 0.0780. The molecule has 7 nitrogen and oxygen atoms in total. The first-order chi connectivity index (χ1) is 16.7. The number of nitrogens with zero attached hydrogens (tertiary/aromatic N) is 1. The molecule has 1 aromatic carbocycles. The number of carbonyl (C=O) groups excluding carboxylic acids is 3. The van der Waals surface area contributed by atoms with Crippen molar-refractivity contribution in [2.45, 2.75) is 97.4 Å². The topological polar surface area (TPSA) is 87.7 Å². The van der Waals surface area contributed by atoms with Crippen molar-refractivity contribution in [3.05, 3.63) is 35.4 Å². The Morgan fingerprint density at radius 1 is 1.06 bits per heavy atom. The lowest BCUT2D eigenvalue weighted by Crippen LogP contribution is -2.55. The molecule has 0 radical (unpaired) electrons. The molecule has 0 aromatic heterocycles. The maximum Gasteiger partial charge on any atom is 0.408 e. The normalized spacial score (nSPS) is 13.2. The van der Waals surface area contributed by atoms with Gasteiger partial charge in [-0.2, -0.15) is 12.6 Å². The summed E-state index contributed by atoms with van der Waals surface area (Å²) in [6, 6.07) is 5.16. The second-order valence-electron chi connectivity index (χ2n) is 10.9. The Balaban J connectivity index is 3.43. The van der Waals surface area contributed by atoms with Crippen LogP contribution in [-0.2, 0) is 14.3 Å². The van der Waals surface area contributed by atoms with Crippen LogP contribution < -0.4 is 10.6 Å². The molecule has 2 unspecified atom stereocenters. The smallest absolute Gasteiger partial charge is 0.408 e. The van der Waals surface area contributed by atoms with Gasteiger partial charge in [0.15, 0.2) is 0 Å². The second kappa shape index (κ2) is 14.2. The summed E-state index contributed by atoms with van der Waals surface area (Å²) in [6.45, 7) is 13.4. The van der Waals surface area contributed by atoms with Crippen molar-refractivity contribution in [3.63, 3.8) is 0 Å². The Bertz CT molecular complexity index is 911. The minimum absolute atomic E-state index is 0.0488. The molecule has 0 saturated heterocycles. The fraction of sp³-hybridized carbons (Fsp3) is 0.607. The molecular weight excluding hydrogens is 474 g/mol. The van der Waals surface area contributed by atoms with Crippen LogP contribution in [0.4, 0.5) is 4.79 Å². The molecule has 0 heterocycles. The van der Waals surface area contributed by atoms with Crippen LogP contribution >= 0.6 is 12.6 Å². The maximum atomic E-state index is 13.8. The Labute approximate surface area is 222 Å². The first-order valence-corrected chi connectivity index (χ1v) is 13.1. The van der Waals surface area contributed by atoms with E-state index in [2.05, 4.69) is 36.1 Å². The summed E-state index contributed by atoms with van der Waals surface area (Å²) >= 11 is 4.32. The second-order valence-corrected chi connectivity index (χ2v) is 11.2. The van der Waals surface area contributed by atoms with Gasteiger partial charge in [-0.15, -0.1) is 6.42 Å². The van der Waals surface area contributed by atoms with Gasteiger partial charge in [0, 0.05) is 23.4 Å². The van der Waals surface area contributed by atoms with E-state index in [0.717, 1.165) is 19.3 Å². The van der Waals surface area contributed by atoms with Gasteiger partial charge in [0.2, 0.25) is 11.8 Å². The van der Waals surface area contributed by atoms with Crippen molar-refractivity contribution in [3.8, 4) is 12.3 Å². The first-order valence-electron chi connectivity index (χ1n) is 12.5. The van der Waals surface area contributed by atoms with Crippen LogP contribution in [-0.4, -0.2) is 52.3 Å². The lowest BCUT2D eigenvalue weighted by atomic mass is 9.99. The van der Waals surface area contributed by atoms with E-state index in [-0.39, 0.29) is 11.7 Å². The Morgan fingerprint density at radius 3 is 2.14 bits per heavy atom. The number of ether oxygens (including phenoxy) is 1. The van der Waals surface area contributed by atoms with Gasteiger partial charge >= 0.3 is 6.09 Å². The highest BCUT2D eigenvalue weighted by atomic mass is 32.1. The third kappa shape index (κ3) is 10.9. The number of nitrogens with one attached hydrogen (secondary N) is 2. The van der Waals surface area contributed by atoms with Crippen molar-refractivity contribution in [2.24, 2.45) is 0 Å². The molecule has 200 valence electrons. The fourth-order valence-electron chi connectivity index (χ4n) is 3.58. The molecule has 0 aliphatic rings. The summed E-state index contributed by atoms with van der Waals surface area (Å²) in [4.78, 5) is 41.4. The zero-order valence-electron chi connectivity index (χ0n) is 22.8. The average Bonchev–Trinajstić information content (AvgIpc) is 2.76. The zero-order chi connectivity index (χ0) is 27.5. The van der Waals surface area contributed by atoms with E-state index in [0.29, 0.717) is 24.1 Å². The number of hydrogen-bond donors (Lipinski definition) is 3. The van der Waals surface area contributed by atoms with E-state index in [1.807, 2.05) is 20.8 Å². The maximum absolute atomic E-state index is 13.8. The van der Waals surface area contributed by atoms with E-state index >= 15 is 0 Å². The summed E-state index contributed by atoms with van der Waals surface area (Å²) in [7, 11) is 0. The first kappa shape index (κ1) is 31.4. The van der Waals surface area contributed by atoms with E-state index in [4.69, 9.17) is 11.2 Å². The van der Waals surface area contributed by atoms with E-state index in [1.165, 1.54) is 0 Å². The van der Waals surface area contributed by atoms with Gasteiger partial charge in [-0.3, -0.25) is 9.59 Å². The molecule has 2 atom stereocenters. The van der Waals surface area contributed by atoms with Crippen LogP contribution in [0.1, 0.15) is 91.3 Å². The van der Waals surface area contributed by atoms with Gasteiger partial charge in [-0.25, -0.2) is 4.79 Å². The number of terminal acetylenes is 1. The Morgan fingerprint density at radius 2 is 1.67 bits per heavy atom. The molecule has 8 heteroatoms. The SMILES string of the molecule is C#Cc1ccc(C(C(=O)NC(C)(C)C)N(CCCCCC)C(=O)C(CS)NC(=O)OC(C)(C)C)cc1. The summed E-state index contributed by atoms with van der Waals surface area (Å²) in [5.74, 6) is 1.91. The van der Waals surface area contributed by atoms with Crippen LogP contribution in [0.2, 0.25) is 0 Å². The van der Waals surface area contributed by atoms with Crippen LogP contribution in [0, 0.1) is 12.3 Å². The Hall–Kier alpha value is -2.66. The zero-order valence-corrected chi connectivity index (χ0v) is 23.7. The molecule has 36 heavy (non-hydrogen) atoms. The molecule has 1 aromatic rings. The van der Waals surface area contributed by atoms with Gasteiger partial charge in [-0.05, 0) is 65.7 Å². The number of unbranched alkanes of at least 4 members (excludes halogenated alkanes) is 3. The molecule has 0 saturated carbocycles. The van der Waals surface area contributed by atoms with Crippen molar-refractivity contribution in [2.75, 3.05) is 12.3 Å². The third-order valence-corrected chi connectivity index (χ3v) is 5.52. The number of amides is 3. The highest BCUT2D eigenvalue weighted by molar-refractivity contribution is 7.80. The van der Waals surface area contributed by atoms with Gasteiger partial charge < -0.3 is 20.3 Å². The van der Waals surface area contributed by atoms with Crippen molar-refractivity contribution < 1.29 is 19.1 Å². The molecule has 3 amide bonds. The monoisotopic (exact) mass is 517 g/mol. The lowest BCUT2D eigenvalue weighted by molar-refractivity contribution is -0.142. The molecule has 0 aliphatic heterocycles. The molecule has 1 rings (SSSR count). The van der Waals surface area contributed by atoms with Crippen LogP contribution in [0.5, 0.6) is 0 Å². The highest BCUT2D eigenvalue weighted by Gasteiger charge is 2.36. The minimum Gasteiger partial charge on any atom is -0.444 e. The van der Waals surface area contributed by atoms with Gasteiger partial charge in [0.1, 0.15) is 17.7 Å². The van der Waals surface area contributed by atoms with Gasteiger partial charge in [0.05, 0.1) is 0 Å². The molecular formula is C28H43N3O4S. The molecule has 0 aliphatic carbocycles. The highest BCUT2D eigenvalue weighted by Crippen LogP contribution is 2.25. The summed E-state index contributed by atoms with van der Waals surface area (Å²) in [6.07, 6.45) is 8.48. The summed E-state index contributed by atoms with van der Waals surface area (Å²) in [5, 5.41) is 5.64. The molecule has 0 bridgehead atoms. The number of benzene rings is 1. The number of alkyl carbamates (subject to hydrolysis) is 1. The fourth-order valence-corrected chi connectivity index (χ4v) is 3.83. The predicted molar refractivity (Wildman–Crippen MR) is 148 cm³/mol. The van der Waals surface area contributed by atoms with Crippen molar-refractivity contribution >= 4 is 30.5 Å². The Kier molecular flexibility index (Phi) is 12.4. The molecule has 2 N–H and O–H groups in total. The quantitative estimate of drug-likeness (QED) is 0.222. The van der Waals surface area contributed by atoms with E-state index in [9.17, 15) is 14.4 Å². The largest absolute Gasteiger partial charge is 0.444 e. The number of rotatable bonds is 11. The van der Waals surface area contributed by atoms with Crippen molar-refractivity contribution in [1.82, 2.24) is 15.5 Å². The number of carbonyl (C=O) groups is 3. The van der Waals surface area contributed by atoms with Gasteiger partial charge in [0.25, 0.3) is 0 Å². The predicted octanol–water partition coefficient (Wildman–Crippen LogP) is 4.86. The molecule has 0 spiro atoms. The molecule has 0 fully saturated rings. The van der Waals surface area contributed by atoms with E-state index in [1.54, 1.807) is 49.9 Å². The summed E-state index contributed by atoms with van der Waals surface area (Å²) < 4.78 is 5.34. The van der Waals surface area contributed by atoms with E-state index < -0.39 is 35.2 Å².